The Kier molecular flexibility index (Phi) is 4.59. The Balaban J connectivity index is 1.95. The molecule has 1 aromatic rings. The number of carbonyl (C=O) groups excluding carboxylic acids is 1. The molecule has 1 saturated heterocycles. The van der Waals surface area contributed by atoms with Gasteiger partial charge in [-0.2, -0.15) is 0 Å². The van der Waals surface area contributed by atoms with E-state index < -0.39 is 0 Å². The molecule has 1 aliphatic rings. The van der Waals surface area contributed by atoms with Gasteiger partial charge in [-0.25, -0.2) is 0 Å². The average Bonchev–Trinajstić information content (AvgIpc) is 2.37. The third-order valence-electron chi connectivity index (χ3n) is 3.99. The van der Waals surface area contributed by atoms with E-state index in [1.54, 1.807) is 0 Å². The van der Waals surface area contributed by atoms with Gasteiger partial charge in [0.15, 0.2) is 0 Å². The number of piperidine rings is 1. The summed E-state index contributed by atoms with van der Waals surface area (Å²) in [7, 11) is 0. The summed E-state index contributed by atoms with van der Waals surface area (Å²) >= 11 is 0. The van der Waals surface area contributed by atoms with Crippen LogP contribution in [0.5, 0.6) is 0 Å². The van der Waals surface area contributed by atoms with Crippen LogP contribution in [0.3, 0.4) is 0 Å². The van der Waals surface area contributed by atoms with Crippen LogP contribution in [0.25, 0.3) is 0 Å². The number of hydrogen-bond donors (Lipinski definition) is 2. The summed E-state index contributed by atoms with van der Waals surface area (Å²) in [6, 6.07) is 6.61. The summed E-state index contributed by atoms with van der Waals surface area (Å²) in [5.74, 6) is 0.656. The zero-order valence-electron chi connectivity index (χ0n) is 12.1. The molecule has 1 aromatic carbocycles. The second-order valence-electron chi connectivity index (χ2n) is 5.75. The SMILES string of the molecule is Cc1ccc(C)c(CC(=O)N[C@H]2CCNC[C@H]2C)c1. The number of nitrogens with one attached hydrogen (secondary N) is 2. The molecule has 3 nitrogen and oxygen atoms in total. The largest absolute Gasteiger partial charge is 0.353 e. The molecule has 0 unspecified atom stereocenters. The molecule has 1 amide bonds. The molecule has 0 aromatic heterocycles. The highest BCUT2D eigenvalue weighted by Crippen LogP contribution is 2.13. The quantitative estimate of drug-likeness (QED) is 0.872. The second kappa shape index (κ2) is 6.20. The topological polar surface area (TPSA) is 41.1 Å². The summed E-state index contributed by atoms with van der Waals surface area (Å²) < 4.78 is 0. The van der Waals surface area contributed by atoms with Crippen LogP contribution in [0, 0.1) is 19.8 Å². The van der Waals surface area contributed by atoms with Gasteiger partial charge >= 0.3 is 0 Å². The van der Waals surface area contributed by atoms with Crippen LogP contribution in [-0.4, -0.2) is 25.0 Å². The fraction of sp³-hybridized carbons (Fsp3) is 0.562. The molecule has 0 aliphatic carbocycles. The maximum Gasteiger partial charge on any atom is 0.224 e. The summed E-state index contributed by atoms with van der Waals surface area (Å²) in [6.45, 7) is 8.31. The van der Waals surface area contributed by atoms with E-state index in [4.69, 9.17) is 0 Å². The number of carbonyl (C=O) groups is 1. The van der Waals surface area contributed by atoms with E-state index in [0.29, 0.717) is 18.4 Å². The normalized spacial score (nSPS) is 23.1. The molecule has 0 radical (unpaired) electrons. The standard InChI is InChI=1S/C16H24N2O/c1-11-4-5-12(2)14(8-11)9-16(19)18-15-6-7-17-10-13(15)3/h4-5,8,13,15,17H,6-7,9-10H2,1-3H3,(H,18,19)/t13-,15+/m1/s1. The van der Waals surface area contributed by atoms with Crippen molar-refractivity contribution in [3.63, 3.8) is 0 Å². The average molecular weight is 260 g/mol. The fourth-order valence-electron chi connectivity index (χ4n) is 2.65. The van der Waals surface area contributed by atoms with E-state index in [1.165, 1.54) is 11.1 Å². The maximum atomic E-state index is 12.2. The van der Waals surface area contributed by atoms with Crippen molar-refractivity contribution in [3.8, 4) is 0 Å². The maximum absolute atomic E-state index is 12.2. The highest BCUT2D eigenvalue weighted by Gasteiger charge is 2.22. The van der Waals surface area contributed by atoms with Gasteiger partial charge in [0.2, 0.25) is 5.91 Å². The molecule has 0 spiro atoms. The number of amides is 1. The van der Waals surface area contributed by atoms with Crippen LogP contribution in [0.2, 0.25) is 0 Å². The van der Waals surface area contributed by atoms with Gasteiger partial charge in [-0.15, -0.1) is 0 Å². The zero-order valence-corrected chi connectivity index (χ0v) is 12.1. The fourth-order valence-corrected chi connectivity index (χ4v) is 2.65. The lowest BCUT2D eigenvalue weighted by molar-refractivity contribution is -0.121. The van der Waals surface area contributed by atoms with Gasteiger partial charge in [-0.05, 0) is 50.4 Å². The van der Waals surface area contributed by atoms with Gasteiger partial charge in [0.1, 0.15) is 0 Å². The van der Waals surface area contributed by atoms with E-state index in [2.05, 4.69) is 49.6 Å². The molecule has 1 fully saturated rings. The van der Waals surface area contributed by atoms with Crippen molar-refractivity contribution in [2.24, 2.45) is 5.92 Å². The third kappa shape index (κ3) is 3.80. The molecule has 2 atom stereocenters. The first-order chi connectivity index (χ1) is 9.06. The predicted molar refractivity (Wildman–Crippen MR) is 78.2 cm³/mol. The Bertz CT molecular complexity index is 456. The van der Waals surface area contributed by atoms with Gasteiger partial charge < -0.3 is 10.6 Å². The lowest BCUT2D eigenvalue weighted by Crippen LogP contribution is -2.48. The molecule has 1 aliphatic heterocycles. The minimum absolute atomic E-state index is 0.146. The highest BCUT2D eigenvalue weighted by atomic mass is 16.1. The minimum atomic E-state index is 0.146. The van der Waals surface area contributed by atoms with Gasteiger partial charge in [0.05, 0.1) is 6.42 Å². The molecule has 104 valence electrons. The molecule has 3 heteroatoms. The second-order valence-corrected chi connectivity index (χ2v) is 5.75. The smallest absolute Gasteiger partial charge is 0.224 e. The van der Waals surface area contributed by atoms with Gasteiger partial charge in [0.25, 0.3) is 0 Å². The lowest BCUT2D eigenvalue weighted by Gasteiger charge is -2.30. The van der Waals surface area contributed by atoms with Crippen molar-refractivity contribution < 1.29 is 4.79 Å². The molecule has 1 heterocycles. The van der Waals surface area contributed by atoms with E-state index >= 15 is 0 Å². The van der Waals surface area contributed by atoms with Crippen LogP contribution in [0.4, 0.5) is 0 Å². The van der Waals surface area contributed by atoms with Crippen molar-refractivity contribution in [1.82, 2.24) is 10.6 Å². The van der Waals surface area contributed by atoms with Crippen molar-refractivity contribution in [3.05, 3.63) is 34.9 Å². The van der Waals surface area contributed by atoms with Crippen LogP contribution in [-0.2, 0) is 11.2 Å². The molecular weight excluding hydrogens is 236 g/mol. The molecule has 0 saturated carbocycles. The predicted octanol–water partition coefficient (Wildman–Crippen LogP) is 1.96. The Morgan fingerprint density at radius 1 is 1.42 bits per heavy atom. The summed E-state index contributed by atoms with van der Waals surface area (Å²) in [5, 5.41) is 6.54. The first-order valence-corrected chi connectivity index (χ1v) is 7.12. The molecule has 19 heavy (non-hydrogen) atoms. The van der Waals surface area contributed by atoms with Gasteiger partial charge in [-0.3, -0.25) is 4.79 Å². The monoisotopic (exact) mass is 260 g/mol. The summed E-state index contributed by atoms with van der Waals surface area (Å²) in [6.07, 6.45) is 1.52. The van der Waals surface area contributed by atoms with E-state index in [1.807, 2.05) is 0 Å². The van der Waals surface area contributed by atoms with Crippen molar-refractivity contribution in [2.45, 2.75) is 39.7 Å². The van der Waals surface area contributed by atoms with E-state index in [9.17, 15) is 4.79 Å². The lowest BCUT2D eigenvalue weighted by atomic mass is 9.94. The Hall–Kier alpha value is -1.35. The molecular formula is C16H24N2O. The van der Waals surface area contributed by atoms with Crippen LogP contribution in [0.15, 0.2) is 18.2 Å². The molecule has 2 N–H and O–H groups in total. The summed E-state index contributed by atoms with van der Waals surface area (Å²) in [4.78, 5) is 12.2. The van der Waals surface area contributed by atoms with E-state index in [0.717, 1.165) is 25.1 Å². The number of rotatable bonds is 3. The van der Waals surface area contributed by atoms with E-state index in [-0.39, 0.29) is 5.91 Å². The van der Waals surface area contributed by atoms with Gasteiger partial charge in [-0.1, -0.05) is 30.7 Å². The highest BCUT2D eigenvalue weighted by molar-refractivity contribution is 5.79. The van der Waals surface area contributed by atoms with Crippen LogP contribution < -0.4 is 10.6 Å². The van der Waals surface area contributed by atoms with Crippen LogP contribution in [0.1, 0.15) is 30.0 Å². The van der Waals surface area contributed by atoms with Crippen molar-refractivity contribution in [2.75, 3.05) is 13.1 Å². The molecule has 0 bridgehead atoms. The number of benzene rings is 1. The van der Waals surface area contributed by atoms with Crippen molar-refractivity contribution in [1.29, 1.82) is 0 Å². The van der Waals surface area contributed by atoms with Gasteiger partial charge in [0, 0.05) is 6.04 Å². The van der Waals surface area contributed by atoms with Crippen molar-refractivity contribution >= 4 is 5.91 Å². The number of hydrogen-bond acceptors (Lipinski definition) is 2. The Morgan fingerprint density at radius 3 is 2.95 bits per heavy atom. The first kappa shape index (κ1) is 14.1. The third-order valence-corrected chi connectivity index (χ3v) is 3.99. The first-order valence-electron chi connectivity index (χ1n) is 7.12. The Labute approximate surface area is 115 Å². The molecule has 2 rings (SSSR count). The number of aryl methyl sites for hydroxylation is 2. The minimum Gasteiger partial charge on any atom is -0.353 e. The Morgan fingerprint density at radius 2 is 2.21 bits per heavy atom. The summed E-state index contributed by atoms with van der Waals surface area (Å²) in [5.41, 5.74) is 3.54. The zero-order chi connectivity index (χ0) is 13.8. The van der Waals surface area contributed by atoms with Crippen LogP contribution >= 0.6 is 0 Å².